The third kappa shape index (κ3) is 4.08. The van der Waals surface area contributed by atoms with Gasteiger partial charge in [0.15, 0.2) is 0 Å². The molecule has 2 aromatic rings. The summed E-state index contributed by atoms with van der Waals surface area (Å²) in [7, 11) is 0. The molecule has 2 N–H and O–H groups in total. The van der Waals surface area contributed by atoms with Crippen molar-refractivity contribution in [1.29, 1.82) is 0 Å². The van der Waals surface area contributed by atoms with Crippen molar-refractivity contribution in [3.63, 3.8) is 0 Å². The number of halogens is 2. The molecule has 0 heterocycles. The number of hydrogen-bond acceptors (Lipinski definition) is 2. The number of aromatic hydroxyl groups is 1. The zero-order valence-corrected chi connectivity index (χ0v) is 14.4. The molecule has 1 unspecified atom stereocenters. The molecule has 20 heavy (non-hydrogen) atoms. The fraction of sp³-hybridized carbons (Fsp3) is 0.250. The van der Waals surface area contributed by atoms with Crippen molar-refractivity contribution in [2.45, 2.75) is 25.9 Å². The average molecular weight is 399 g/mol. The van der Waals surface area contributed by atoms with E-state index in [4.69, 9.17) is 0 Å². The summed E-state index contributed by atoms with van der Waals surface area (Å²) in [6.45, 7) is 2.94. The van der Waals surface area contributed by atoms with Gasteiger partial charge in [-0.3, -0.25) is 0 Å². The average Bonchev–Trinajstić information content (AvgIpc) is 2.45. The Labute approximate surface area is 136 Å². The van der Waals surface area contributed by atoms with Crippen molar-refractivity contribution >= 4 is 31.9 Å². The first-order valence-electron chi connectivity index (χ1n) is 6.56. The number of benzene rings is 2. The molecule has 2 aromatic carbocycles. The third-order valence-electron chi connectivity index (χ3n) is 3.25. The maximum atomic E-state index is 9.50. The van der Waals surface area contributed by atoms with Gasteiger partial charge in [-0.15, -0.1) is 0 Å². The molecule has 0 aliphatic rings. The Morgan fingerprint density at radius 1 is 1.10 bits per heavy atom. The standard InChI is InChI=1S/C16H17Br2NO/c1-2-15(12-4-6-13(17)7-5-12)19-10-11-3-8-16(20)14(18)9-11/h3-9,15,19-20H,2,10H2,1H3. The highest BCUT2D eigenvalue weighted by molar-refractivity contribution is 9.10. The lowest BCUT2D eigenvalue weighted by atomic mass is 10.0. The number of phenolic OH excluding ortho intramolecular Hbond substituents is 1. The number of phenols is 1. The summed E-state index contributed by atoms with van der Waals surface area (Å²) < 4.78 is 1.83. The van der Waals surface area contributed by atoms with Gasteiger partial charge in [0.25, 0.3) is 0 Å². The molecule has 1 atom stereocenters. The minimum atomic E-state index is 0.272. The van der Waals surface area contributed by atoms with Crippen molar-refractivity contribution in [1.82, 2.24) is 5.32 Å². The smallest absolute Gasteiger partial charge is 0.129 e. The first kappa shape index (κ1) is 15.5. The zero-order valence-electron chi connectivity index (χ0n) is 11.2. The molecule has 0 saturated heterocycles. The molecule has 0 aliphatic carbocycles. The van der Waals surface area contributed by atoms with E-state index >= 15 is 0 Å². The van der Waals surface area contributed by atoms with Gasteiger partial charge in [-0.25, -0.2) is 0 Å². The Balaban J connectivity index is 2.03. The topological polar surface area (TPSA) is 32.3 Å². The fourth-order valence-corrected chi connectivity index (χ4v) is 2.78. The quantitative estimate of drug-likeness (QED) is 0.729. The molecule has 2 rings (SSSR count). The molecule has 2 nitrogen and oxygen atoms in total. The molecule has 0 bridgehead atoms. The van der Waals surface area contributed by atoms with Crippen molar-refractivity contribution in [3.8, 4) is 5.75 Å². The Morgan fingerprint density at radius 2 is 1.80 bits per heavy atom. The molecule has 0 aliphatic heterocycles. The van der Waals surface area contributed by atoms with E-state index in [1.807, 2.05) is 12.1 Å². The summed E-state index contributed by atoms with van der Waals surface area (Å²) in [5, 5.41) is 13.0. The molecule has 0 aromatic heterocycles. The summed E-state index contributed by atoms with van der Waals surface area (Å²) in [5.74, 6) is 0.272. The second kappa shape index (κ2) is 7.25. The van der Waals surface area contributed by atoms with Crippen LogP contribution in [0.25, 0.3) is 0 Å². The maximum Gasteiger partial charge on any atom is 0.129 e. The summed E-state index contributed by atoms with van der Waals surface area (Å²) >= 11 is 6.80. The van der Waals surface area contributed by atoms with E-state index in [0.717, 1.165) is 27.5 Å². The van der Waals surface area contributed by atoms with Crippen molar-refractivity contribution < 1.29 is 5.11 Å². The molecule has 0 spiro atoms. The van der Waals surface area contributed by atoms with E-state index in [-0.39, 0.29) is 5.75 Å². The van der Waals surface area contributed by atoms with Crippen LogP contribution in [0.2, 0.25) is 0 Å². The molecular weight excluding hydrogens is 382 g/mol. The van der Waals surface area contributed by atoms with E-state index in [2.05, 4.69) is 68.4 Å². The second-order valence-corrected chi connectivity index (χ2v) is 6.45. The summed E-state index contributed by atoms with van der Waals surface area (Å²) in [6, 6.07) is 14.3. The van der Waals surface area contributed by atoms with E-state index in [1.165, 1.54) is 5.56 Å². The number of nitrogens with one attached hydrogen (secondary N) is 1. The Bertz CT molecular complexity index is 569. The van der Waals surface area contributed by atoms with Crippen LogP contribution in [0.5, 0.6) is 5.75 Å². The maximum absolute atomic E-state index is 9.50. The van der Waals surface area contributed by atoms with Gasteiger partial charge in [-0.2, -0.15) is 0 Å². The highest BCUT2D eigenvalue weighted by Gasteiger charge is 2.09. The van der Waals surface area contributed by atoms with Crippen LogP contribution in [0.15, 0.2) is 51.4 Å². The van der Waals surface area contributed by atoms with Gasteiger partial charge >= 0.3 is 0 Å². The van der Waals surface area contributed by atoms with Crippen LogP contribution in [0.3, 0.4) is 0 Å². The normalized spacial score (nSPS) is 12.3. The summed E-state index contributed by atoms with van der Waals surface area (Å²) in [4.78, 5) is 0. The minimum Gasteiger partial charge on any atom is -0.507 e. The van der Waals surface area contributed by atoms with Crippen molar-refractivity contribution in [2.75, 3.05) is 0 Å². The van der Waals surface area contributed by atoms with E-state index < -0.39 is 0 Å². The third-order valence-corrected chi connectivity index (χ3v) is 4.41. The van der Waals surface area contributed by atoms with Crippen LogP contribution < -0.4 is 5.32 Å². The molecule has 106 valence electrons. The Kier molecular flexibility index (Phi) is 5.64. The van der Waals surface area contributed by atoms with Gasteiger partial charge < -0.3 is 10.4 Å². The predicted octanol–water partition coefficient (Wildman–Crippen LogP) is 5.16. The first-order chi connectivity index (χ1) is 9.60. The molecule has 0 radical (unpaired) electrons. The summed E-state index contributed by atoms with van der Waals surface area (Å²) in [6.07, 6.45) is 1.03. The predicted molar refractivity (Wildman–Crippen MR) is 89.8 cm³/mol. The van der Waals surface area contributed by atoms with E-state index in [9.17, 15) is 5.11 Å². The minimum absolute atomic E-state index is 0.272. The lowest BCUT2D eigenvalue weighted by Gasteiger charge is -2.18. The van der Waals surface area contributed by atoms with Gasteiger partial charge in [0, 0.05) is 17.1 Å². The van der Waals surface area contributed by atoms with Crippen LogP contribution in [0, 0.1) is 0 Å². The second-order valence-electron chi connectivity index (χ2n) is 4.68. The van der Waals surface area contributed by atoms with Crippen LogP contribution in [-0.4, -0.2) is 5.11 Å². The van der Waals surface area contributed by atoms with Crippen LogP contribution >= 0.6 is 31.9 Å². The first-order valence-corrected chi connectivity index (χ1v) is 8.15. The lowest BCUT2D eigenvalue weighted by Crippen LogP contribution is -2.20. The summed E-state index contributed by atoms with van der Waals surface area (Å²) in [5.41, 5.74) is 2.43. The highest BCUT2D eigenvalue weighted by atomic mass is 79.9. The van der Waals surface area contributed by atoms with Gasteiger partial charge in [-0.1, -0.05) is 41.1 Å². The van der Waals surface area contributed by atoms with Crippen LogP contribution in [-0.2, 0) is 6.54 Å². The SMILES string of the molecule is CCC(NCc1ccc(O)c(Br)c1)c1ccc(Br)cc1. The van der Waals surface area contributed by atoms with Crippen molar-refractivity contribution in [2.24, 2.45) is 0 Å². The molecule has 4 heteroatoms. The van der Waals surface area contributed by atoms with Gasteiger partial charge in [-0.05, 0) is 57.7 Å². The molecule has 0 saturated carbocycles. The molecule has 0 fully saturated rings. The number of hydrogen-bond donors (Lipinski definition) is 2. The van der Waals surface area contributed by atoms with Gasteiger partial charge in [0.2, 0.25) is 0 Å². The number of rotatable bonds is 5. The van der Waals surface area contributed by atoms with Gasteiger partial charge in [0.05, 0.1) is 4.47 Å². The van der Waals surface area contributed by atoms with Crippen LogP contribution in [0.1, 0.15) is 30.5 Å². The fourth-order valence-electron chi connectivity index (χ4n) is 2.09. The molecule has 0 amide bonds. The van der Waals surface area contributed by atoms with E-state index in [1.54, 1.807) is 6.07 Å². The van der Waals surface area contributed by atoms with E-state index in [0.29, 0.717) is 6.04 Å². The zero-order chi connectivity index (χ0) is 14.5. The Hall–Kier alpha value is -0.840. The largest absolute Gasteiger partial charge is 0.507 e. The lowest BCUT2D eigenvalue weighted by molar-refractivity contribution is 0.471. The Morgan fingerprint density at radius 3 is 2.40 bits per heavy atom. The van der Waals surface area contributed by atoms with Crippen LogP contribution in [0.4, 0.5) is 0 Å². The molecular formula is C16H17Br2NO. The van der Waals surface area contributed by atoms with Gasteiger partial charge in [0.1, 0.15) is 5.75 Å². The highest BCUT2D eigenvalue weighted by Crippen LogP contribution is 2.25. The van der Waals surface area contributed by atoms with Crippen molar-refractivity contribution in [3.05, 3.63) is 62.5 Å². The monoisotopic (exact) mass is 397 g/mol.